The van der Waals surface area contributed by atoms with Crippen LogP contribution in [0.15, 0.2) is 16.8 Å². The predicted molar refractivity (Wildman–Crippen MR) is 75.5 cm³/mol. The number of hydrogen-bond acceptors (Lipinski definition) is 8. The molecular formula is C13H14N4O5. The van der Waals surface area contributed by atoms with E-state index in [1.807, 2.05) is 0 Å². The minimum absolute atomic E-state index is 0.0112. The first-order chi connectivity index (χ1) is 10.4. The number of carbonyl (C=O) groups is 1. The highest BCUT2D eigenvalue weighted by atomic mass is 16.6. The Morgan fingerprint density at radius 3 is 2.77 bits per heavy atom. The van der Waals surface area contributed by atoms with E-state index in [1.165, 1.54) is 13.3 Å². The standard InChI is InChI=1S/C13H14N4O5/c1-7-10(8(2)22-16-7)6-15-12-11(17(19)20)4-9(5-14-12)13(18)21-3/h4-5H,6H2,1-3H3,(H,14,15). The summed E-state index contributed by atoms with van der Waals surface area (Å²) in [5.41, 5.74) is 1.19. The Hall–Kier alpha value is -2.97. The topological polar surface area (TPSA) is 120 Å². The molecule has 2 aromatic rings. The SMILES string of the molecule is COC(=O)c1cnc(NCc2c(C)noc2C)c([N+](=O)[O-])c1. The van der Waals surface area contributed by atoms with Crippen molar-refractivity contribution in [3.63, 3.8) is 0 Å². The van der Waals surface area contributed by atoms with E-state index in [2.05, 4.69) is 20.2 Å². The molecule has 9 nitrogen and oxygen atoms in total. The van der Waals surface area contributed by atoms with Crippen molar-refractivity contribution in [3.05, 3.63) is 45.0 Å². The number of nitro groups is 1. The molecule has 9 heteroatoms. The maximum atomic E-state index is 11.4. The second kappa shape index (κ2) is 6.20. The molecule has 22 heavy (non-hydrogen) atoms. The van der Waals surface area contributed by atoms with Crippen molar-refractivity contribution in [1.29, 1.82) is 0 Å². The monoisotopic (exact) mass is 306 g/mol. The van der Waals surface area contributed by atoms with Crippen molar-refractivity contribution in [2.24, 2.45) is 0 Å². The zero-order valence-corrected chi connectivity index (χ0v) is 12.2. The number of aryl methyl sites for hydroxylation is 2. The predicted octanol–water partition coefficient (Wildman–Crippen LogP) is 1.99. The molecule has 0 bridgehead atoms. The lowest BCUT2D eigenvalue weighted by atomic mass is 10.2. The molecule has 0 fully saturated rings. The fourth-order valence-corrected chi connectivity index (χ4v) is 1.88. The third kappa shape index (κ3) is 3.03. The minimum atomic E-state index is -0.687. The van der Waals surface area contributed by atoms with Gasteiger partial charge in [0.25, 0.3) is 0 Å². The molecule has 0 aromatic carbocycles. The van der Waals surface area contributed by atoms with Crippen molar-refractivity contribution in [1.82, 2.24) is 10.1 Å². The number of methoxy groups -OCH3 is 1. The molecule has 0 aliphatic rings. The van der Waals surface area contributed by atoms with Gasteiger partial charge in [0.2, 0.25) is 5.82 Å². The lowest BCUT2D eigenvalue weighted by Gasteiger charge is -2.07. The number of pyridine rings is 1. The second-order valence-electron chi connectivity index (χ2n) is 4.50. The summed E-state index contributed by atoms with van der Waals surface area (Å²) in [5.74, 6) is -0.00985. The number of esters is 1. The molecule has 0 saturated heterocycles. The van der Waals surface area contributed by atoms with Crippen LogP contribution in [0.1, 0.15) is 27.4 Å². The third-order valence-corrected chi connectivity index (χ3v) is 3.10. The average molecular weight is 306 g/mol. The van der Waals surface area contributed by atoms with Gasteiger partial charge in [-0.25, -0.2) is 9.78 Å². The Labute approximate surface area is 125 Å². The van der Waals surface area contributed by atoms with Gasteiger partial charge in [-0.1, -0.05) is 5.16 Å². The highest BCUT2D eigenvalue weighted by molar-refractivity contribution is 5.90. The third-order valence-electron chi connectivity index (χ3n) is 3.10. The van der Waals surface area contributed by atoms with Gasteiger partial charge in [0.1, 0.15) is 5.76 Å². The minimum Gasteiger partial charge on any atom is -0.465 e. The zero-order chi connectivity index (χ0) is 16.3. The quantitative estimate of drug-likeness (QED) is 0.505. The van der Waals surface area contributed by atoms with Crippen LogP contribution in [0.2, 0.25) is 0 Å². The number of aromatic nitrogens is 2. The molecule has 0 amide bonds. The van der Waals surface area contributed by atoms with Crippen LogP contribution in [0.4, 0.5) is 11.5 Å². The molecule has 2 rings (SSSR count). The molecule has 116 valence electrons. The number of nitrogens with zero attached hydrogens (tertiary/aromatic N) is 3. The average Bonchev–Trinajstić information content (AvgIpc) is 2.83. The fourth-order valence-electron chi connectivity index (χ4n) is 1.88. The van der Waals surface area contributed by atoms with Crippen LogP contribution in [0.25, 0.3) is 0 Å². The van der Waals surface area contributed by atoms with Gasteiger partial charge < -0.3 is 14.6 Å². The normalized spacial score (nSPS) is 10.3. The highest BCUT2D eigenvalue weighted by Gasteiger charge is 2.20. The van der Waals surface area contributed by atoms with Gasteiger partial charge in [-0.15, -0.1) is 0 Å². The molecule has 0 unspecified atom stereocenters. The number of nitrogens with one attached hydrogen (secondary N) is 1. The van der Waals surface area contributed by atoms with Gasteiger partial charge in [0.15, 0.2) is 0 Å². The fraction of sp³-hybridized carbons (Fsp3) is 0.308. The van der Waals surface area contributed by atoms with Crippen LogP contribution < -0.4 is 5.32 Å². The maximum Gasteiger partial charge on any atom is 0.339 e. The van der Waals surface area contributed by atoms with Gasteiger partial charge in [-0.3, -0.25) is 10.1 Å². The molecule has 0 saturated carbocycles. The van der Waals surface area contributed by atoms with Crippen molar-refractivity contribution < 1.29 is 19.0 Å². The lowest BCUT2D eigenvalue weighted by molar-refractivity contribution is -0.384. The van der Waals surface area contributed by atoms with E-state index in [9.17, 15) is 14.9 Å². The van der Waals surface area contributed by atoms with Gasteiger partial charge in [0.05, 0.1) is 23.3 Å². The van der Waals surface area contributed by atoms with Gasteiger partial charge >= 0.3 is 11.7 Å². The van der Waals surface area contributed by atoms with Crippen LogP contribution in [0.3, 0.4) is 0 Å². The van der Waals surface area contributed by atoms with Gasteiger partial charge in [-0.05, 0) is 13.8 Å². The molecule has 2 heterocycles. The summed E-state index contributed by atoms with van der Waals surface area (Å²) < 4.78 is 9.54. The first kappa shape index (κ1) is 15.4. The van der Waals surface area contributed by atoms with E-state index in [4.69, 9.17) is 4.52 Å². The summed E-state index contributed by atoms with van der Waals surface area (Å²) in [7, 11) is 1.19. The summed E-state index contributed by atoms with van der Waals surface area (Å²) in [6.07, 6.45) is 1.22. The molecule has 0 spiro atoms. The summed E-state index contributed by atoms with van der Waals surface area (Å²) in [6.45, 7) is 3.79. The van der Waals surface area contributed by atoms with Crippen molar-refractivity contribution in [2.75, 3.05) is 12.4 Å². The van der Waals surface area contributed by atoms with Crippen molar-refractivity contribution in [2.45, 2.75) is 20.4 Å². The largest absolute Gasteiger partial charge is 0.465 e. The van der Waals surface area contributed by atoms with E-state index in [0.717, 1.165) is 11.6 Å². The first-order valence-corrected chi connectivity index (χ1v) is 6.32. The van der Waals surface area contributed by atoms with Gasteiger partial charge in [-0.2, -0.15) is 0 Å². The molecular weight excluding hydrogens is 292 g/mol. The Bertz CT molecular complexity index is 706. The Morgan fingerprint density at radius 2 is 2.23 bits per heavy atom. The van der Waals surface area contributed by atoms with Crippen LogP contribution in [0.5, 0.6) is 0 Å². The van der Waals surface area contributed by atoms with Crippen molar-refractivity contribution >= 4 is 17.5 Å². The Balaban J connectivity index is 2.27. The summed E-state index contributed by atoms with van der Waals surface area (Å²) in [5, 5.41) is 17.8. The smallest absolute Gasteiger partial charge is 0.339 e. The van der Waals surface area contributed by atoms with E-state index >= 15 is 0 Å². The summed E-state index contributed by atoms with van der Waals surface area (Å²) in [4.78, 5) is 25.8. The molecule has 0 aliphatic carbocycles. The van der Waals surface area contributed by atoms with Crippen LogP contribution in [-0.4, -0.2) is 28.1 Å². The maximum absolute atomic E-state index is 11.4. The number of ether oxygens (including phenoxy) is 1. The highest BCUT2D eigenvalue weighted by Crippen LogP contribution is 2.24. The van der Waals surface area contributed by atoms with Crippen LogP contribution in [-0.2, 0) is 11.3 Å². The summed E-state index contributed by atoms with van der Waals surface area (Å²) >= 11 is 0. The number of rotatable bonds is 5. The van der Waals surface area contributed by atoms with E-state index in [1.54, 1.807) is 13.8 Å². The molecule has 1 N–H and O–H groups in total. The van der Waals surface area contributed by atoms with Crippen LogP contribution >= 0.6 is 0 Å². The first-order valence-electron chi connectivity index (χ1n) is 6.32. The second-order valence-corrected chi connectivity index (χ2v) is 4.50. The number of carbonyl (C=O) groups excluding carboxylic acids is 1. The molecule has 0 aliphatic heterocycles. The van der Waals surface area contributed by atoms with E-state index in [-0.39, 0.29) is 23.6 Å². The molecule has 0 atom stereocenters. The van der Waals surface area contributed by atoms with Gasteiger partial charge in [0, 0.05) is 24.4 Å². The zero-order valence-electron chi connectivity index (χ0n) is 12.2. The molecule has 2 aromatic heterocycles. The van der Waals surface area contributed by atoms with E-state index in [0.29, 0.717) is 11.5 Å². The van der Waals surface area contributed by atoms with E-state index < -0.39 is 10.9 Å². The molecule has 0 radical (unpaired) electrons. The number of anilines is 1. The van der Waals surface area contributed by atoms with Crippen LogP contribution in [0, 0.1) is 24.0 Å². The van der Waals surface area contributed by atoms with Crippen molar-refractivity contribution in [3.8, 4) is 0 Å². The Morgan fingerprint density at radius 1 is 1.50 bits per heavy atom. The Kier molecular flexibility index (Phi) is 4.35. The number of hydrogen-bond donors (Lipinski definition) is 1. The summed E-state index contributed by atoms with van der Waals surface area (Å²) in [6, 6.07) is 1.12. The lowest BCUT2D eigenvalue weighted by Crippen LogP contribution is -2.08.